The van der Waals surface area contributed by atoms with Crippen LogP contribution < -0.4 is 4.74 Å². The van der Waals surface area contributed by atoms with Gasteiger partial charge in [0.1, 0.15) is 5.75 Å². The lowest BCUT2D eigenvalue weighted by Gasteiger charge is -2.23. The maximum atomic E-state index is 12.4. The topological polar surface area (TPSA) is 106 Å². The number of carboxylic acids is 1. The van der Waals surface area contributed by atoms with Gasteiger partial charge in [0.2, 0.25) is 17.6 Å². The average molecular weight is 373 g/mol. The molecule has 0 saturated carbocycles. The highest BCUT2D eigenvalue weighted by Crippen LogP contribution is 2.23. The Morgan fingerprint density at radius 2 is 2.11 bits per heavy atom. The lowest BCUT2D eigenvalue weighted by molar-refractivity contribution is -0.139. The summed E-state index contributed by atoms with van der Waals surface area (Å²) in [6.45, 7) is 3.13. The van der Waals surface area contributed by atoms with Crippen LogP contribution in [0.2, 0.25) is 0 Å². The van der Waals surface area contributed by atoms with Crippen molar-refractivity contribution >= 4 is 11.9 Å². The first-order valence-corrected chi connectivity index (χ1v) is 9.14. The summed E-state index contributed by atoms with van der Waals surface area (Å²) in [5.74, 6) is 0.680. The molecule has 8 heteroatoms. The van der Waals surface area contributed by atoms with E-state index in [1.807, 2.05) is 31.2 Å². The molecule has 1 amide bonds. The number of hydrogen-bond donors (Lipinski definition) is 1. The Kier molecular flexibility index (Phi) is 6.05. The molecule has 1 fully saturated rings. The predicted molar refractivity (Wildman–Crippen MR) is 96.2 cm³/mol. The number of aromatic nitrogens is 2. The van der Waals surface area contributed by atoms with Crippen LogP contribution in [0.25, 0.3) is 11.4 Å². The number of likely N-dealkylation sites (tertiary alicyclic amines) is 1. The first-order valence-electron chi connectivity index (χ1n) is 9.14. The monoisotopic (exact) mass is 373 g/mol. The lowest BCUT2D eigenvalue weighted by Crippen LogP contribution is -2.36. The number of hydrogen-bond acceptors (Lipinski definition) is 6. The molecular weight excluding hydrogens is 350 g/mol. The molecule has 1 saturated heterocycles. The van der Waals surface area contributed by atoms with Gasteiger partial charge >= 0.3 is 5.97 Å². The molecule has 27 heavy (non-hydrogen) atoms. The van der Waals surface area contributed by atoms with E-state index in [1.165, 1.54) is 0 Å². The van der Waals surface area contributed by atoms with Gasteiger partial charge in [0, 0.05) is 31.0 Å². The third kappa shape index (κ3) is 4.84. The SMILES string of the molecule is CCOc1ccc(-c2noc(CCC(=O)N3CCCC3CC(=O)O)n2)cc1. The molecule has 144 valence electrons. The van der Waals surface area contributed by atoms with E-state index in [1.54, 1.807) is 4.90 Å². The summed E-state index contributed by atoms with van der Waals surface area (Å²) in [4.78, 5) is 29.3. The van der Waals surface area contributed by atoms with Gasteiger partial charge in [-0.25, -0.2) is 0 Å². The number of benzene rings is 1. The van der Waals surface area contributed by atoms with Crippen molar-refractivity contribution in [3.05, 3.63) is 30.2 Å². The maximum Gasteiger partial charge on any atom is 0.305 e. The Balaban J connectivity index is 1.56. The van der Waals surface area contributed by atoms with E-state index >= 15 is 0 Å². The summed E-state index contributed by atoms with van der Waals surface area (Å²) in [5, 5.41) is 12.9. The summed E-state index contributed by atoms with van der Waals surface area (Å²) in [7, 11) is 0. The van der Waals surface area contributed by atoms with Crippen molar-refractivity contribution in [2.45, 2.75) is 45.1 Å². The van der Waals surface area contributed by atoms with E-state index < -0.39 is 5.97 Å². The van der Waals surface area contributed by atoms with Gasteiger partial charge in [-0.2, -0.15) is 4.98 Å². The molecule has 0 spiro atoms. The van der Waals surface area contributed by atoms with Gasteiger partial charge in [0.05, 0.1) is 13.0 Å². The Bertz CT molecular complexity index is 787. The fourth-order valence-corrected chi connectivity index (χ4v) is 3.28. The van der Waals surface area contributed by atoms with Gasteiger partial charge in [0.15, 0.2) is 0 Å². The van der Waals surface area contributed by atoms with Crippen LogP contribution in [0.3, 0.4) is 0 Å². The van der Waals surface area contributed by atoms with E-state index in [4.69, 9.17) is 14.4 Å². The number of carbonyl (C=O) groups is 2. The first-order chi connectivity index (χ1) is 13.1. The molecule has 1 unspecified atom stereocenters. The van der Waals surface area contributed by atoms with Gasteiger partial charge in [-0.15, -0.1) is 0 Å². The Hall–Kier alpha value is -2.90. The van der Waals surface area contributed by atoms with Gasteiger partial charge in [-0.1, -0.05) is 5.16 Å². The largest absolute Gasteiger partial charge is 0.494 e. The molecule has 1 aromatic carbocycles. The number of rotatable bonds is 8. The van der Waals surface area contributed by atoms with E-state index in [0.29, 0.717) is 31.3 Å². The normalized spacial score (nSPS) is 16.5. The molecule has 1 aliphatic rings. The Morgan fingerprint density at radius 1 is 1.33 bits per heavy atom. The van der Waals surface area contributed by atoms with Gasteiger partial charge < -0.3 is 19.3 Å². The third-order valence-electron chi connectivity index (χ3n) is 4.55. The highest BCUT2D eigenvalue weighted by Gasteiger charge is 2.30. The fourth-order valence-electron chi connectivity index (χ4n) is 3.28. The molecular formula is C19H23N3O5. The molecule has 0 bridgehead atoms. The standard InChI is InChI=1S/C19H23N3O5/c1-2-26-15-7-5-13(6-8-15)19-20-16(27-21-19)9-10-17(23)22-11-3-4-14(22)12-18(24)25/h5-8,14H,2-4,9-12H2,1H3,(H,24,25). The number of nitrogens with zero attached hydrogens (tertiary/aromatic N) is 3. The van der Waals surface area contributed by atoms with Crippen molar-refractivity contribution in [1.29, 1.82) is 0 Å². The van der Waals surface area contributed by atoms with Crippen molar-refractivity contribution in [2.75, 3.05) is 13.2 Å². The van der Waals surface area contributed by atoms with Crippen LogP contribution in [0.1, 0.15) is 38.5 Å². The fraction of sp³-hybridized carbons (Fsp3) is 0.474. The van der Waals surface area contributed by atoms with Crippen LogP contribution in [-0.2, 0) is 16.0 Å². The molecule has 2 heterocycles. The second kappa shape index (κ2) is 8.66. The van der Waals surface area contributed by atoms with Crippen LogP contribution >= 0.6 is 0 Å². The molecule has 2 aromatic rings. The highest BCUT2D eigenvalue weighted by atomic mass is 16.5. The molecule has 8 nitrogen and oxygen atoms in total. The quantitative estimate of drug-likeness (QED) is 0.758. The minimum absolute atomic E-state index is 0.00577. The molecule has 1 atom stereocenters. The summed E-state index contributed by atoms with van der Waals surface area (Å²) in [6.07, 6.45) is 2.13. The summed E-state index contributed by atoms with van der Waals surface area (Å²) in [5.41, 5.74) is 0.806. The third-order valence-corrected chi connectivity index (χ3v) is 4.55. The zero-order valence-corrected chi connectivity index (χ0v) is 15.3. The lowest BCUT2D eigenvalue weighted by atomic mass is 10.1. The Labute approximate surface area is 157 Å². The van der Waals surface area contributed by atoms with Crippen LogP contribution in [0.5, 0.6) is 5.75 Å². The average Bonchev–Trinajstić information content (AvgIpc) is 3.30. The Morgan fingerprint density at radius 3 is 2.81 bits per heavy atom. The first kappa shape index (κ1) is 18.9. The summed E-state index contributed by atoms with van der Waals surface area (Å²) >= 11 is 0. The van der Waals surface area contributed by atoms with Crippen molar-refractivity contribution in [3.8, 4) is 17.1 Å². The second-order valence-electron chi connectivity index (χ2n) is 6.45. The van der Waals surface area contributed by atoms with E-state index in [-0.39, 0.29) is 24.8 Å². The number of amides is 1. The minimum Gasteiger partial charge on any atom is -0.494 e. The van der Waals surface area contributed by atoms with Crippen LogP contribution in [0.4, 0.5) is 0 Å². The zero-order chi connectivity index (χ0) is 19.2. The summed E-state index contributed by atoms with van der Waals surface area (Å²) < 4.78 is 10.6. The smallest absolute Gasteiger partial charge is 0.305 e. The predicted octanol–water partition coefficient (Wildman–Crippen LogP) is 2.53. The van der Waals surface area contributed by atoms with Crippen molar-refractivity contribution in [3.63, 3.8) is 0 Å². The van der Waals surface area contributed by atoms with Crippen LogP contribution in [0.15, 0.2) is 28.8 Å². The van der Waals surface area contributed by atoms with E-state index in [0.717, 1.165) is 24.2 Å². The molecule has 1 aliphatic heterocycles. The van der Waals surface area contributed by atoms with Gasteiger partial charge in [-0.3, -0.25) is 9.59 Å². The summed E-state index contributed by atoms with van der Waals surface area (Å²) in [6, 6.07) is 7.18. The minimum atomic E-state index is -0.878. The number of carbonyl (C=O) groups excluding carboxylic acids is 1. The number of carboxylic acid groups (broad SMARTS) is 1. The van der Waals surface area contributed by atoms with Crippen molar-refractivity contribution in [2.24, 2.45) is 0 Å². The number of ether oxygens (including phenoxy) is 1. The molecule has 1 aromatic heterocycles. The van der Waals surface area contributed by atoms with Crippen LogP contribution in [-0.4, -0.2) is 51.2 Å². The van der Waals surface area contributed by atoms with E-state index in [9.17, 15) is 9.59 Å². The molecule has 1 N–H and O–H groups in total. The maximum absolute atomic E-state index is 12.4. The molecule has 3 rings (SSSR count). The van der Waals surface area contributed by atoms with Crippen LogP contribution in [0, 0.1) is 0 Å². The van der Waals surface area contributed by atoms with E-state index in [2.05, 4.69) is 10.1 Å². The highest BCUT2D eigenvalue weighted by molar-refractivity contribution is 5.78. The second-order valence-corrected chi connectivity index (χ2v) is 6.45. The molecule has 0 aliphatic carbocycles. The number of aliphatic carboxylic acids is 1. The van der Waals surface area contributed by atoms with Gasteiger partial charge in [-0.05, 0) is 44.0 Å². The van der Waals surface area contributed by atoms with Crippen molar-refractivity contribution in [1.82, 2.24) is 15.0 Å². The number of aryl methyl sites for hydroxylation is 1. The molecule has 0 radical (unpaired) electrons. The zero-order valence-electron chi connectivity index (χ0n) is 15.3. The van der Waals surface area contributed by atoms with Crippen molar-refractivity contribution < 1.29 is 24.0 Å². The van der Waals surface area contributed by atoms with Gasteiger partial charge in [0.25, 0.3) is 0 Å².